The van der Waals surface area contributed by atoms with E-state index in [-0.39, 0.29) is 23.6 Å². The number of nitrogens with zero attached hydrogens (tertiary/aromatic N) is 2. The molecule has 0 amide bonds. The van der Waals surface area contributed by atoms with Crippen molar-refractivity contribution in [3.63, 3.8) is 0 Å². The second kappa shape index (κ2) is 10.9. The summed E-state index contributed by atoms with van der Waals surface area (Å²) in [5.74, 6) is 1.66. The number of halogens is 1. The minimum Gasteiger partial charge on any atom is -0.497 e. The Balaban J connectivity index is 0.00000280. The van der Waals surface area contributed by atoms with E-state index in [9.17, 15) is 0 Å². The minimum absolute atomic E-state index is 0. The molecule has 0 aliphatic carbocycles. The van der Waals surface area contributed by atoms with Crippen molar-refractivity contribution in [3.05, 3.63) is 54.9 Å². The Labute approximate surface area is 176 Å². The average molecular weight is 447 g/mol. The van der Waals surface area contributed by atoms with E-state index in [1.165, 1.54) is 0 Å². The van der Waals surface area contributed by atoms with Gasteiger partial charge in [0, 0.05) is 24.3 Å². The van der Waals surface area contributed by atoms with Gasteiger partial charge in [-0.25, -0.2) is 4.98 Å². The van der Waals surface area contributed by atoms with Gasteiger partial charge in [-0.05, 0) is 67.8 Å². The highest BCUT2D eigenvalue weighted by Crippen LogP contribution is 2.33. The third kappa shape index (κ3) is 5.14. The van der Waals surface area contributed by atoms with E-state index in [1.807, 2.05) is 42.7 Å². The van der Waals surface area contributed by atoms with Crippen LogP contribution < -0.4 is 9.47 Å². The number of aromatic nitrogens is 2. The Kier molecular flexibility index (Phi) is 8.54. The summed E-state index contributed by atoms with van der Waals surface area (Å²) in [6.45, 7) is 1.11. The van der Waals surface area contributed by atoms with E-state index < -0.39 is 0 Å². The number of aryl methyl sites for hydroxylation is 1. The van der Waals surface area contributed by atoms with E-state index >= 15 is 0 Å². The number of hydrogen-bond donors (Lipinski definition) is 1. The maximum Gasteiger partial charge on any atom is 0.118 e. The lowest BCUT2D eigenvalue weighted by Gasteiger charge is -2.12. The van der Waals surface area contributed by atoms with Crippen LogP contribution in [0.3, 0.4) is 0 Å². The quantitative estimate of drug-likeness (QED) is 0.471. The molecule has 0 spiro atoms. The molecule has 2 aromatic carbocycles. The van der Waals surface area contributed by atoms with Crippen molar-refractivity contribution in [1.29, 1.82) is 0 Å². The maximum absolute atomic E-state index is 9.00. The van der Waals surface area contributed by atoms with Gasteiger partial charge in [-0.3, -0.25) is 0 Å². The molecule has 3 aromatic rings. The molecule has 0 aliphatic heterocycles. The number of aliphatic hydroxyl groups is 1. The van der Waals surface area contributed by atoms with Crippen molar-refractivity contribution >= 4 is 17.0 Å². The Morgan fingerprint density at radius 1 is 0.821 bits per heavy atom. The number of benzene rings is 2. The highest BCUT2D eigenvalue weighted by Gasteiger charge is 2.15. The fraction of sp³-hybridized carbons (Fsp3) is 0.318. The predicted octanol–water partition coefficient (Wildman–Crippen LogP) is 4.97. The standard InChI is InChI=1S/C22H26N2O3.BrH/c1-26-19-10-6-17(7-11-19)21-22(18-8-12-20(27-2)13-9-18)24(16-23-21)14-4-3-5-15-25;/h6-13,16,25H,3-5,14-15H2,1-2H3;1H. The summed E-state index contributed by atoms with van der Waals surface area (Å²) in [4.78, 5) is 4.70. The lowest BCUT2D eigenvalue weighted by Crippen LogP contribution is -2.00. The predicted molar refractivity (Wildman–Crippen MR) is 117 cm³/mol. The topological polar surface area (TPSA) is 56.5 Å². The van der Waals surface area contributed by atoms with Crippen LogP contribution in [0.4, 0.5) is 0 Å². The SMILES string of the molecule is Br.COc1ccc(-c2ncn(CCCCCO)c2-c2ccc(OC)cc2)cc1. The molecule has 0 aliphatic rings. The Morgan fingerprint density at radius 3 is 1.93 bits per heavy atom. The largest absolute Gasteiger partial charge is 0.497 e. The molecule has 6 heteroatoms. The van der Waals surface area contributed by atoms with Crippen LogP contribution in [0.1, 0.15) is 19.3 Å². The van der Waals surface area contributed by atoms with Crippen LogP contribution in [0, 0.1) is 0 Å². The van der Waals surface area contributed by atoms with Crippen molar-refractivity contribution < 1.29 is 14.6 Å². The summed E-state index contributed by atoms with van der Waals surface area (Å²) in [6, 6.07) is 16.0. The zero-order valence-corrected chi connectivity index (χ0v) is 18.0. The second-order valence-electron chi connectivity index (χ2n) is 6.38. The van der Waals surface area contributed by atoms with E-state index in [0.717, 1.165) is 59.8 Å². The lowest BCUT2D eigenvalue weighted by molar-refractivity contribution is 0.282. The third-order valence-electron chi connectivity index (χ3n) is 4.62. The molecule has 5 nitrogen and oxygen atoms in total. The summed E-state index contributed by atoms with van der Waals surface area (Å²) in [5.41, 5.74) is 4.19. The maximum atomic E-state index is 9.00. The molecule has 0 radical (unpaired) electrons. The molecular formula is C22H27BrN2O3. The Morgan fingerprint density at radius 2 is 1.39 bits per heavy atom. The minimum atomic E-state index is 0. The molecule has 1 N–H and O–H groups in total. The first-order valence-corrected chi connectivity index (χ1v) is 9.21. The average Bonchev–Trinajstić information content (AvgIpc) is 3.15. The van der Waals surface area contributed by atoms with E-state index in [4.69, 9.17) is 19.6 Å². The summed E-state index contributed by atoms with van der Waals surface area (Å²) in [7, 11) is 3.34. The van der Waals surface area contributed by atoms with Crippen molar-refractivity contribution in [1.82, 2.24) is 9.55 Å². The van der Waals surface area contributed by atoms with Gasteiger partial charge in [0.1, 0.15) is 11.5 Å². The van der Waals surface area contributed by atoms with E-state index in [2.05, 4.69) is 16.7 Å². The molecular weight excluding hydrogens is 420 g/mol. The summed E-state index contributed by atoms with van der Waals surface area (Å²) in [6.07, 6.45) is 4.73. The number of unbranched alkanes of at least 4 members (excludes halogenated alkanes) is 2. The van der Waals surface area contributed by atoms with Crippen molar-refractivity contribution in [2.45, 2.75) is 25.8 Å². The van der Waals surface area contributed by atoms with Gasteiger partial charge in [0.05, 0.1) is 31.9 Å². The van der Waals surface area contributed by atoms with Gasteiger partial charge in [-0.1, -0.05) is 0 Å². The molecule has 0 bridgehead atoms. The van der Waals surface area contributed by atoms with Gasteiger partial charge in [-0.2, -0.15) is 0 Å². The third-order valence-corrected chi connectivity index (χ3v) is 4.62. The van der Waals surface area contributed by atoms with Crippen LogP contribution in [0.5, 0.6) is 11.5 Å². The summed E-state index contributed by atoms with van der Waals surface area (Å²) >= 11 is 0. The van der Waals surface area contributed by atoms with Crippen LogP contribution >= 0.6 is 17.0 Å². The fourth-order valence-corrected chi connectivity index (χ4v) is 3.13. The van der Waals surface area contributed by atoms with Crippen LogP contribution in [0.25, 0.3) is 22.5 Å². The molecule has 0 fully saturated rings. The number of ether oxygens (including phenoxy) is 2. The lowest BCUT2D eigenvalue weighted by atomic mass is 10.0. The molecule has 150 valence electrons. The summed E-state index contributed by atoms with van der Waals surface area (Å²) in [5, 5.41) is 9.00. The highest BCUT2D eigenvalue weighted by molar-refractivity contribution is 8.93. The van der Waals surface area contributed by atoms with Gasteiger partial charge in [0.15, 0.2) is 0 Å². The van der Waals surface area contributed by atoms with Crippen LogP contribution in [-0.4, -0.2) is 35.5 Å². The smallest absolute Gasteiger partial charge is 0.118 e. The van der Waals surface area contributed by atoms with Crippen molar-refractivity contribution in [3.8, 4) is 34.0 Å². The first kappa shape index (κ1) is 22.0. The first-order chi connectivity index (χ1) is 13.3. The first-order valence-electron chi connectivity index (χ1n) is 9.21. The highest BCUT2D eigenvalue weighted by atomic mass is 79.9. The zero-order chi connectivity index (χ0) is 19.1. The Hall–Kier alpha value is -2.31. The normalized spacial score (nSPS) is 10.4. The Bertz CT molecular complexity index is 845. The van der Waals surface area contributed by atoms with Crippen molar-refractivity contribution in [2.24, 2.45) is 0 Å². The van der Waals surface area contributed by atoms with E-state index in [0.29, 0.717) is 0 Å². The number of methoxy groups -OCH3 is 2. The van der Waals surface area contributed by atoms with E-state index in [1.54, 1.807) is 14.2 Å². The number of imidazole rings is 1. The van der Waals surface area contributed by atoms with Gasteiger partial charge < -0.3 is 19.1 Å². The van der Waals surface area contributed by atoms with Crippen molar-refractivity contribution in [2.75, 3.05) is 20.8 Å². The summed E-state index contributed by atoms with van der Waals surface area (Å²) < 4.78 is 12.7. The molecule has 28 heavy (non-hydrogen) atoms. The van der Waals surface area contributed by atoms with Crippen LogP contribution in [-0.2, 0) is 6.54 Å². The molecule has 0 atom stereocenters. The molecule has 0 unspecified atom stereocenters. The van der Waals surface area contributed by atoms with Crippen LogP contribution in [0.2, 0.25) is 0 Å². The number of rotatable bonds is 9. The molecule has 1 aromatic heterocycles. The molecule has 0 saturated carbocycles. The fourth-order valence-electron chi connectivity index (χ4n) is 3.13. The van der Waals surface area contributed by atoms with Gasteiger partial charge >= 0.3 is 0 Å². The van der Waals surface area contributed by atoms with Gasteiger partial charge in [0.2, 0.25) is 0 Å². The molecule has 1 heterocycles. The zero-order valence-electron chi connectivity index (χ0n) is 16.3. The van der Waals surface area contributed by atoms with Gasteiger partial charge in [0.25, 0.3) is 0 Å². The monoisotopic (exact) mass is 446 g/mol. The second-order valence-corrected chi connectivity index (χ2v) is 6.38. The van der Waals surface area contributed by atoms with Crippen LogP contribution in [0.15, 0.2) is 54.9 Å². The molecule has 3 rings (SSSR count). The number of aliphatic hydroxyl groups excluding tert-OH is 1. The molecule has 0 saturated heterocycles. The number of hydrogen-bond acceptors (Lipinski definition) is 4. The van der Waals surface area contributed by atoms with Gasteiger partial charge in [-0.15, -0.1) is 17.0 Å².